The highest BCUT2D eigenvalue weighted by atomic mass is 35.5. The molecule has 1 atom stereocenters. The monoisotopic (exact) mass is 291 g/mol. The summed E-state index contributed by atoms with van der Waals surface area (Å²) in [7, 11) is 0. The fraction of sp³-hybridized carbons (Fsp3) is 0.294. The van der Waals surface area contributed by atoms with Crippen molar-refractivity contribution in [1.82, 2.24) is 5.32 Å². The molecule has 1 nitrogen and oxygen atoms in total. The van der Waals surface area contributed by atoms with Crippen molar-refractivity contribution in [2.45, 2.75) is 26.3 Å². The molecule has 3 heteroatoms. The number of nitrogens with one attached hydrogen (secondary N) is 1. The van der Waals surface area contributed by atoms with Crippen LogP contribution in [0.4, 0.5) is 4.39 Å². The number of aryl methyl sites for hydroxylation is 1. The van der Waals surface area contributed by atoms with E-state index in [9.17, 15) is 4.39 Å². The van der Waals surface area contributed by atoms with Gasteiger partial charge in [-0.05, 0) is 60.8 Å². The molecule has 0 aliphatic carbocycles. The zero-order valence-electron chi connectivity index (χ0n) is 11.8. The van der Waals surface area contributed by atoms with Crippen LogP contribution in [0.2, 0.25) is 5.02 Å². The first kappa shape index (κ1) is 15.0. The first-order valence-corrected chi connectivity index (χ1v) is 7.22. The average Bonchev–Trinajstić information content (AvgIpc) is 2.41. The Morgan fingerprint density at radius 1 is 1.20 bits per heavy atom. The zero-order chi connectivity index (χ0) is 14.5. The molecule has 0 fully saturated rings. The van der Waals surface area contributed by atoms with Crippen LogP contribution in [0, 0.1) is 12.7 Å². The summed E-state index contributed by atoms with van der Waals surface area (Å²) >= 11 is 6.03. The van der Waals surface area contributed by atoms with Crippen LogP contribution in [0.3, 0.4) is 0 Å². The Morgan fingerprint density at radius 2 is 2.00 bits per heavy atom. The topological polar surface area (TPSA) is 12.0 Å². The van der Waals surface area contributed by atoms with E-state index >= 15 is 0 Å². The summed E-state index contributed by atoms with van der Waals surface area (Å²) in [6.45, 7) is 4.90. The second kappa shape index (κ2) is 6.87. The molecule has 2 aromatic carbocycles. The lowest BCUT2D eigenvalue weighted by molar-refractivity contribution is 0.540. The number of benzene rings is 2. The van der Waals surface area contributed by atoms with E-state index in [4.69, 9.17) is 11.6 Å². The van der Waals surface area contributed by atoms with E-state index in [-0.39, 0.29) is 11.9 Å². The molecule has 0 spiro atoms. The maximum Gasteiger partial charge on any atom is 0.123 e. The Balaban J connectivity index is 2.29. The molecule has 0 aromatic heterocycles. The molecule has 0 saturated carbocycles. The molecule has 1 unspecified atom stereocenters. The minimum Gasteiger partial charge on any atom is -0.310 e. The van der Waals surface area contributed by atoms with Crippen LogP contribution in [-0.2, 0) is 6.42 Å². The van der Waals surface area contributed by atoms with Gasteiger partial charge in [-0.25, -0.2) is 4.39 Å². The number of halogens is 2. The fourth-order valence-corrected chi connectivity index (χ4v) is 2.64. The van der Waals surface area contributed by atoms with E-state index in [1.165, 1.54) is 6.07 Å². The lowest BCUT2D eigenvalue weighted by Crippen LogP contribution is -2.23. The summed E-state index contributed by atoms with van der Waals surface area (Å²) in [5.41, 5.74) is 3.25. The van der Waals surface area contributed by atoms with E-state index in [2.05, 4.69) is 12.2 Å². The Morgan fingerprint density at radius 3 is 2.70 bits per heavy atom. The molecule has 0 saturated heterocycles. The van der Waals surface area contributed by atoms with Crippen LogP contribution >= 0.6 is 11.6 Å². The van der Waals surface area contributed by atoms with Crippen molar-refractivity contribution in [3.63, 3.8) is 0 Å². The SMILES string of the molecule is CCNC(Cc1cccc(Cl)c1)c1cc(F)ccc1C. The molecule has 106 valence electrons. The molecule has 0 heterocycles. The van der Waals surface area contributed by atoms with Crippen molar-refractivity contribution in [1.29, 1.82) is 0 Å². The molecule has 2 aromatic rings. The van der Waals surface area contributed by atoms with Crippen molar-refractivity contribution in [3.05, 3.63) is 70.0 Å². The predicted octanol–water partition coefficient (Wildman–Crippen LogP) is 4.68. The predicted molar refractivity (Wildman–Crippen MR) is 82.7 cm³/mol. The van der Waals surface area contributed by atoms with Gasteiger partial charge in [0.1, 0.15) is 5.82 Å². The van der Waals surface area contributed by atoms with Crippen LogP contribution in [0.15, 0.2) is 42.5 Å². The second-order valence-corrected chi connectivity index (χ2v) is 5.38. The number of hydrogen-bond donors (Lipinski definition) is 1. The van der Waals surface area contributed by atoms with Crippen LogP contribution in [0.5, 0.6) is 0 Å². The van der Waals surface area contributed by atoms with Gasteiger partial charge in [0.2, 0.25) is 0 Å². The largest absolute Gasteiger partial charge is 0.310 e. The van der Waals surface area contributed by atoms with Gasteiger partial charge in [0.15, 0.2) is 0 Å². The van der Waals surface area contributed by atoms with Gasteiger partial charge in [0.25, 0.3) is 0 Å². The van der Waals surface area contributed by atoms with E-state index in [0.717, 1.165) is 34.7 Å². The molecular formula is C17H19ClFN. The lowest BCUT2D eigenvalue weighted by atomic mass is 9.95. The third-order valence-corrected chi connectivity index (χ3v) is 3.63. The highest BCUT2D eigenvalue weighted by molar-refractivity contribution is 6.30. The lowest BCUT2D eigenvalue weighted by Gasteiger charge is -2.21. The Kier molecular flexibility index (Phi) is 5.16. The molecule has 0 radical (unpaired) electrons. The average molecular weight is 292 g/mol. The molecule has 0 amide bonds. The van der Waals surface area contributed by atoms with Crippen molar-refractivity contribution < 1.29 is 4.39 Å². The van der Waals surface area contributed by atoms with Gasteiger partial charge in [-0.3, -0.25) is 0 Å². The molecule has 2 rings (SSSR count). The van der Waals surface area contributed by atoms with Crippen LogP contribution in [-0.4, -0.2) is 6.54 Å². The number of likely N-dealkylation sites (N-methyl/N-ethyl adjacent to an activating group) is 1. The third kappa shape index (κ3) is 3.81. The van der Waals surface area contributed by atoms with Crippen molar-refractivity contribution in [2.24, 2.45) is 0 Å². The van der Waals surface area contributed by atoms with Gasteiger partial charge in [0, 0.05) is 11.1 Å². The molecule has 0 bridgehead atoms. The smallest absolute Gasteiger partial charge is 0.123 e. The summed E-state index contributed by atoms with van der Waals surface area (Å²) in [6.07, 6.45) is 0.790. The Hall–Kier alpha value is -1.38. The van der Waals surface area contributed by atoms with Crippen molar-refractivity contribution >= 4 is 11.6 Å². The van der Waals surface area contributed by atoms with E-state index < -0.39 is 0 Å². The van der Waals surface area contributed by atoms with Crippen molar-refractivity contribution in [2.75, 3.05) is 6.54 Å². The normalized spacial score (nSPS) is 12.4. The molecular weight excluding hydrogens is 273 g/mol. The highest BCUT2D eigenvalue weighted by Crippen LogP contribution is 2.24. The van der Waals surface area contributed by atoms with Gasteiger partial charge in [-0.2, -0.15) is 0 Å². The summed E-state index contributed by atoms with van der Waals surface area (Å²) < 4.78 is 13.5. The Bertz CT molecular complexity index is 583. The quantitative estimate of drug-likeness (QED) is 0.843. The fourth-order valence-electron chi connectivity index (χ4n) is 2.42. The maximum atomic E-state index is 13.5. The van der Waals surface area contributed by atoms with Gasteiger partial charge in [0.05, 0.1) is 0 Å². The van der Waals surface area contributed by atoms with Crippen molar-refractivity contribution in [3.8, 4) is 0 Å². The first-order chi connectivity index (χ1) is 9.60. The van der Waals surface area contributed by atoms with E-state index in [1.807, 2.05) is 37.3 Å². The third-order valence-electron chi connectivity index (χ3n) is 3.40. The number of hydrogen-bond acceptors (Lipinski definition) is 1. The van der Waals surface area contributed by atoms with Gasteiger partial charge in [-0.1, -0.05) is 36.7 Å². The molecule has 1 N–H and O–H groups in total. The Labute approximate surface area is 124 Å². The summed E-state index contributed by atoms with van der Waals surface area (Å²) in [6, 6.07) is 12.8. The van der Waals surface area contributed by atoms with Gasteiger partial charge >= 0.3 is 0 Å². The van der Waals surface area contributed by atoms with Gasteiger partial charge < -0.3 is 5.32 Å². The molecule has 0 aliphatic heterocycles. The maximum absolute atomic E-state index is 13.5. The minimum absolute atomic E-state index is 0.0918. The van der Waals surface area contributed by atoms with Crippen LogP contribution in [0.25, 0.3) is 0 Å². The second-order valence-electron chi connectivity index (χ2n) is 4.95. The zero-order valence-corrected chi connectivity index (χ0v) is 12.5. The van der Waals surface area contributed by atoms with Gasteiger partial charge in [-0.15, -0.1) is 0 Å². The van der Waals surface area contributed by atoms with Crippen LogP contribution in [0.1, 0.15) is 29.7 Å². The molecule has 20 heavy (non-hydrogen) atoms. The minimum atomic E-state index is -0.195. The molecule has 0 aliphatic rings. The van der Waals surface area contributed by atoms with E-state index in [1.54, 1.807) is 6.07 Å². The standard InChI is InChI=1S/C17H19ClFN/c1-3-20-17(10-13-5-4-6-14(18)9-13)16-11-15(19)8-7-12(16)2/h4-9,11,17,20H,3,10H2,1-2H3. The summed E-state index contributed by atoms with van der Waals surface area (Å²) in [5.74, 6) is -0.195. The van der Waals surface area contributed by atoms with Crippen LogP contribution < -0.4 is 5.32 Å². The first-order valence-electron chi connectivity index (χ1n) is 6.84. The summed E-state index contributed by atoms with van der Waals surface area (Å²) in [4.78, 5) is 0. The summed E-state index contributed by atoms with van der Waals surface area (Å²) in [5, 5.41) is 4.16. The highest BCUT2D eigenvalue weighted by Gasteiger charge is 2.14. The number of rotatable bonds is 5. The van der Waals surface area contributed by atoms with E-state index in [0.29, 0.717) is 0 Å².